The molecule has 0 aliphatic carbocycles. The maximum absolute atomic E-state index is 14.2. The van der Waals surface area contributed by atoms with Gasteiger partial charge in [-0.2, -0.15) is 0 Å². The highest BCUT2D eigenvalue weighted by atomic mass is 16.4. The van der Waals surface area contributed by atoms with Crippen LogP contribution in [-0.4, -0.2) is 124 Å². The van der Waals surface area contributed by atoms with Gasteiger partial charge < -0.3 is 58.5 Å². The van der Waals surface area contributed by atoms with Crippen LogP contribution >= 0.6 is 0 Å². The number of nitrogens with one attached hydrogen (secondary N) is 8. The Hall–Kier alpha value is -6.41. The van der Waals surface area contributed by atoms with E-state index in [1.807, 2.05) is 78.8 Å². The van der Waals surface area contributed by atoms with Crippen molar-refractivity contribution in [1.82, 2.24) is 42.5 Å². The van der Waals surface area contributed by atoms with E-state index in [2.05, 4.69) is 42.5 Å². The number of aliphatic hydroxyl groups excluding tert-OH is 1. The summed E-state index contributed by atoms with van der Waals surface area (Å²) >= 11 is 0. The van der Waals surface area contributed by atoms with Gasteiger partial charge in [-0.25, -0.2) is 4.79 Å². The van der Waals surface area contributed by atoms with Gasteiger partial charge in [0.2, 0.25) is 47.3 Å². The van der Waals surface area contributed by atoms with Gasteiger partial charge in [0.15, 0.2) is 0 Å². The highest BCUT2D eigenvalue weighted by molar-refractivity contribution is 5.98. The van der Waals surface area contributed by atoms with E-state index in [4.69, 9.17) is 5.73 Å². The molecule has 0 spiro atoms. The van der Waals surface area contributed by atoms with E-state index < -0.39 is 120 Å². The quantitative estimate of drug-likeness (QED) is 0.0504. The van der Waals surface area contributed by atoms with Crippen molar-refractivity contribution in [2.24, 2.45) is 35.3 Å². The Morgan fingerprint density at radius 2 is 0.773 bits per heavy atom. The molecule has 0 aliphatic rings. The summed E-state index contributed by atoms with van der Waals surface area (Å²) in [5.41, 5.74) is 7.76. The largest absolute Gasteiger partial charge is 0.480 e. The predicted octanol–water partition coefficient (Wildman–Crippen LogP) is 2.39. The molecular weight excluding hydrogens is 963 g/mol. The Labute approximate surface area is 443 Å². The highest BCUT2D eigenvalue weighted by Crippen LogP contribution is 2.15. The van der Waals surface area contributed by atoms with Crippen molar-refractivity contribution in [2.75, 3.05) is 0 Å². The van der Waals surface area contributed by atoms with E-state index in [0.717, 1.165) is 5.56 Å². The molecule has 20 nitrogen and oxygen atoms in total. The lowest BCUT2D eigenvalue weighted by Gasteiger charge is -2.30. The van der Waals surface area contributed by atoms with Crippen LogP contribution in [0.3, 0.4) is 0 Å². The topological polar surface area (TPSA) is 316 Å². The Morgan fingerprint density at radius 3 is 1.19 bits per heavy atom. The number of nitrogens with two attached hydrogens (primary N) is 1. The summed E-state index contributed by atoms with van der Waals surface area (Å²) in [5, 5.41) is 41.9. The van der Waals surface area contributed by atoms with Crippen molar-refractivity contribution in [3.05, 3.63) is 71.8 Å². The van der Waals surface area contributed by atoms with Crippen LogP contribution in [0.1, 0.15) is 126 Å². The molecule has 0 aliphatic heterocycles. The molecule has 12 atom stereocenters. The molecule has 0 radical (unpaired) electrons. The fourth-order valence-corrected chi connectivity index (χ4v) is 8.16. The first kappa shape index (κ1) is 64.7. The number of aliphatic carboxylic acids is 1. The normalized spacial score (nSPS) is 16.2. The first-order valence-corrected chi connectivity index (χ1v) is 26.4. The number of carbonyl (C=O) groups is 9. The Kier molecular flexibility index (Phi) is 27.7. The summed E-state index contributed by atoms with van der Waals surface area (Å²) in [4.78, 5) is 123. The predicted molar refractivity (Wildman–Crippen MR) is 286 cm³/mol. The van der Waals surface area contributed by atoms with Gasteiger partial charge in [0.25, 0.3) is 0 Å². The maximum atomic E-state index is 14.2. The molecule has 0 saturated heterocycles. The van der Waals surface area contributed by atoms with Crippen LogP contribution in [0.15, 0.2) is 60.7 Å². The molecule has 0 unspecified atom stereocenters. The van der Waals surface area contributed by atoms with Crippen LogP contribution in [0.4, 0.5) is 0 Å². The fraction of sp³-hybridized carbons (Fsp3) is 0.618. The molecule has 2 rings (SSSR count). The number of hydrogen-bond donors (Lipinski definition) is 11. The first-order valence-electron chi connectivity index (χ1n) is 26.4. The summed E-state index contributed by atoms with van der Waals surface area (Å²) in [6, 6.07) is 6.99. The minimum atomic E-state index is -1.61. The molecule has 0 bridgehead atoms. The second kappa shape index (κ2) is 32.1. The molecule has 0 aromatic heterocycles. The number of rotatable bonds is 32. The highest BCUT2D eigenvalue weighted by Gasteiger charge is 2.37. The third-order valence-electron chi connectivity index (χ3n) is 13.0. The first-order chi connectivity index (χ1) is 35.2. The smallest absolute Gasteiger partial charge is 0.326 e. The summed E-state index contributed by atoms with van der Waals surface area (Å²) < 4.78 is 0. The minimum Gasteiger partial charge on any atom is -0.480 e. The van der Waals surface area contributed by atoms with Crippen LogP contribution in [0, 0.1) is 29.6 Å². The Balaban J connectivity index is 2.27. The number of carbonyl (C=O) groups excluding carboxylic acids is 8. The van der Waals surface area contributed by atoms with E-state index in [-0.39, 0.29) is 55.8 Å². The zero-order valence-electron chi connectivity index (χ0n) is 46.0. The van der Waals surface area contributed by atoms with E-state index in [1.54, 1.807) is 51.1 Å². The third-order valence-corrected chi connectivity index (χ3v) is 13.0. The van der Waals surface area contributed by atoms with E-state index in [9.17, 15) is 53.4 Å². The number of aliphatic hydroxyl groups is 1. The van der Waals surface area contributed by atoms with Crippen molar-refractivity contribution in [2.45, 2.75) is 189 Å². The molecular formula is C55H87N9O11. The average Bonchev–Trinajstić information content (AvgIpc) is 3.34. The molecule has 75 heavy (non-hydrogen) atoms. The zero-order chi connectivity index (χ0) is 56.7. The number of carboxylic acids is 1. The molecule has 20 heteroatoms. The van der Waals surface area contributed by atoms with Gasteiger partial charge in [-0.3, -0.25) is 38.4 Å². The molecule has 0 heterocycles. The van der Waals surface area contributed by atoms with Gasteiger partial charge in [-0.05, 0) is 80.2 Å². The van der Waals surface area contributed by atoms with Crippen LogP contribution in [0.2, 0.25) is 0 Å². The van der Waals surface area contributed by atoms with Gasteiger partial charge in [-0.1, -0.05) is 143 Å². The lowest BCUT2D eigenvalue weighted by Crippen LogP contribution is -2.62. The zero-order valence-corrected chi connectivity index (χ0v) is 46.0. The molecule has 8 amide bonds. The van der Waals surface area contributed by atoms with Crippen molar-refractivity contribution in [3.63, 3.8) is 0 Å². The Morgan fingerprint density at radius 1 is 0.427 bits per heavy atom. The third kappa shape index (κ3) is 22.5. The van der Waals surface area contributed by atoms with Gasteiger partial charge in [0, 0.05) is 6.42 Å². The molecule has 12 N–H and O–H groups in total. The number of carboxylic acid groups (broad SMARTS) is 1. The summed E-state index contributed by atoms with van der Waals surface area (Å²) in [6.45, 7) is 20.7. The standard InChI is InChI=1S/C55H87N9O11/c1-13-33(9)44(52(71)59-40(25-30(3)4)49(68)58-42(29-38-23-19-16-20-24-38)50(69)61-43(55(74)75)27-32(7)8)62-47(66)35(11)57-54(73)46(36(12)65)64-51(70)41(26-31(5)6)60-53(72)45(34(10)14-2)63-48(67)39(56)28-37-21-17-15-18-22-37/h15-24,30-36,39-46,65H,13-14,25-29,56H2,1-12H3,(H,57,73)(H,58,68)(H,59,71)(H,60,72)(H,61,69)(H,62,66)(H,63,67)(H,64,70)(H,74,75)/t33-,34-,35-,36+,39-,40-,41-,42-,43-,44-,45-,46-/m0/s1. The van der Waals surface area contributed by atoms with Gasteiger partial charge in [0.1, 0.15) is 48.3 Å². The van der Waals surface area contributed by atoms with Crippen molar-refractivity contribution >= 4 is 53.2 Å². The van der Waals surface area contributed by atoms with Crippen LogP contribution in [0.5, 0.6) is 0 Å². The summed E-state index contributed by atoms with van der Waals surface area (Å²) in [6.07, 6.45) is 0.0560. The van der Waals surface area contributed by atoms with Crippen LogP contribution in [-0.2, 0) is 56.0 Å². The minimum absolute atomic E-state index is 0.0183. The number of amides is 8. The molecule has 0 saturated carbocycles. The van der Waals surface area contributed by atoms with Crippen molar-refractivity contribution in [1.29, 1.82) is 0 Å². The van der Waals surface area contributed by atoms with Crippen LogP contribution < -0.4 is 48.3 Å². The van der Waals surface area contributed by atoms with E-state index in [1.165, 1.54) is 13.8 Å². The van der Waals surface area contributed by atoms with Crippen molar-refractivity contribution in [3.8, 4) is 0 Å². The second-order valence-electron chi connectivity index (χ2n) is 21.2. The summed E-state index contributed by atoms with van der Waals surface area (Å²) in [7, 11) is 0. The second-order valence-corrected chi connectivity index (χ2v) is 21.2. The summed E-state index contributed by atoms with van der Waals surface area (Å²) in [5.74, 6) is -8.32. The van der Waals surface area contributed by atoms with Crippen LogP contribution in [0.25, 0.3) is 0 Å². The molecule has 2 aromatic carbocycles. The lowest BCUT2D eigenvalue weighted by atomic mass is 9.96. The van der Waals surface area contributed by atoms with Crippen molar-refractivity contribution < 1.29 is 53.4 Å². The molecule has 2 aromatic rings. The van der Waals surface area contributed by atoms with E-state index in [0.29, 0.717) is 18.4 Å². The average molecular weight is 1050 g/mol. The van der Waals surface area contributed by atoms with Gasteiger partial charge in [-0.15, -0.1) is 0 Å². The van der Waals surface area contributed by atoms with Gasteiger partial charge in [0.05, 0.1) is 12.1 Å². The Bertz CT molecular complexity index is 2180. The number of hydrogen-bond acceptors (Lipinski definition) is 11. The van der Waals surface area contributed by atoms with Gasteiger partial charge >= 0.3 is 5.97 Å². The monoisotopic (exact) mass is 1050 g/mol. The SMILES string of the molecule is CC[C@H](C)[C@H](NC(=O)[C@H](C)NC(=O)[C@@H](NC(=O)[C@H](CC(C)C)NC(=O)[C@@H](NC(=O)[C@@H](N)Cc1ccccc1)[C@@H](C)CC)[C@@H](C)O)C(=O)N[C@@H](CC(C)C)C(=O)N[C@@H](Cc1ccccc1)C(=O)N[C@@H](CC(C)C)C(=O)O. The van der Waals surface area contributed by atoms with E-state index >= 15 is 0 Å². The maximum Gasteiger partial charge on any atom is 0.326 e. The molecule has 0 fully saturated rings. The lowest BCUT2D eigenvalue weighted by molar-refractivity contribution is -0.143. The molecule has 418 valence electrons. The fourth-order valence-electron chi connectivity index (χ4n) is 8.16. The number of benzene rings is 2.